The molecule has 1 amide bonds. The minimum absolute atomic E-state index is 0.0377. The molecule has 0 atom stereocenters. The van der Waals surface area contributed by atoms with E-state index in [0.717, 1.165) is 24.2 Å². The summed E-state index contributed by atoms with van der Waals surface area (Å²) < 4.78 is 33.7. The molecular formula is C22H26N2O5S2. The predicted octanol–water partition coefficient (Wildman–Crippen LogP) is 4.01. The van der Waals surface area contributed by atoms with E-state index < -0.39 is 16.0 Å². The third-order valence-electron chi connectivity index (χ3n) is 5.02. The lowest BCUT2D eigenvalue weighted by Crippen LogP contribution is -2.36. The number of para-hydroxylation sites is 1. The van der Waals surface area contributed by atoms with Gasteiger partial charge < -0.3 is 9.64 Å². The zero-order chi connectivity index (χ0) is 22.4. The fraction of sp³-hybridized carbons (Fsp3) is 0.364. The largest absolute Gasteiger partial charge is 0.462 e. The van der Waals surface area contributed by atoms with Crippen LogP contribution in [0.2, 0.25) is 0 Å². The van der Waals surface area contributed by atoms with Gasteiger partial charge in [-0.25, -0.2) is 13.2 Å². The Labute approximate surface area is 187 Å². The average Bonchev–Trinajstić information content (AvgIpc) is 2.79. The molecule has 31 heavy (non-hydrogen) atoms. The first-order valence-electron chi connectivity index (χ1n) is 10.1. The Morgan fingerprint density at radius 2 is 1.77 bits per heavy atom. The second kappa shape index (κ2) is 10.2. The number of sulfonamides is 1. The highest BCUT2D eigenvalue weighted by Gasteiger charge is 2.25. The number of amides is 1. The number of benzene rings is 2. The number of hydrogen-bond donors (Lipinski definition) is 1. The predicted molar refractivity (Wildman–Crippen MR) is 121 cm³/mol. The molecule has 0 bridgehead atoms. The number of nitrogens with one attached hydrogen (secondary N) is 1. The van der Waals surface area contributed by atoms with Crippen LogP contribution < -0.4 is 4.72 Å². The number of rotatable bonds is 7. The molecule has 0 spiro atoms. The summed E-state index contributed by atoms with van der Waals surface area (Å²) in [6.45, 7) is 3.21. The summed E-state index contributed by atoms with van der Waals surface area (Å²) in [4.78, 5) is 27.7. The molecule has 2 aromatic rings. The Balaban J connectivity index is 1.93. The third kappa shape index (κ3) is 5.40. The van der Waals surface area contributed by atoms with Crippen molar-refractivity contribution in [1.29, 1.82) is 0 Å². The van der Waals surface area contributed by atoms with Crippen molar-refractivity contribution in [2.45, 2.75) is 36.0 Å². The third-order valence-corrected chi connectivity index (χ3v) is 7.18. The average molecular weight is 463 g/mol. The lowest BCUT2D eigenvalue weighted by molar-refractivity contribution is 0.0527. The van der Waals surface area contributed by atoms with Gasteiger partial charge in [0.15, 0.2) is 0 Å². The van der Waals surface area contributed by atoms with Crippen LogP contribution in [0, 0.1) is 0 Å². The maximum absolute atomic E-state index is 13.1. The van der Waals surface area contributed by atoms with Crippen LogP contribution in [0.15, 0.2) is 52.3 Å². The Morgan fingerprint density at radius 3 is 2.45 bits per heavy atom. The Morgan fingerprint density at radius 1 is 1.06 bits per heavy atom. The SMILES string of the molecule is CCOC(=O)c1ccccc1NS(=O)(=O)c1ccc(SC)c(C(=O)N2CCCCC2)c1. The first kappa shape index (κ1) is 23.1. The van der Waals surface area contributed by atoms with Crippen molar-refractivity contribution in [2.75, 3.05) is 30.7 Å². The van der Waals surface area contributed by atoms with Gasteiger partial charge in [-0.05, 0) is 62.8 Å². The van der Waals surface area contributed by atoms with E-state index in [0.29, 0.717) is 18.7 Å². The number of piperidine rings is 1. The van der Waals surface area contributed by atoms with Gasteiger partial charge in [-0.15, -0.1) is 11.8 Å². The van der Waals surface area contributed by atoms with Crippen LogP contribution in [0.1, 0.15) is 46.9 Å². The summed E-state index contributed by atoms with van der Waals surface area (Å²) in [6, 6.07) is 10.8. The Hall–Kier alpha value is -2.52. The number of nitrogens with zero attached hydrogens (tertiary/aromatic N) is 1. The molecule has 1 N–H and O–H groups in total. The van der Waals surface area contributed by atoms with Crippen LogP contribution in [0.25, 0.3) is 0 Å². The van der Waals surface area contributed by atoms with Crippen LogP contribution in [0.3, 0.4) is 0 Å². The van der Waals surface area contributed by atoms with E-state index in [-0.39, 0.29) is 28.7 Å². The van der Waals surface area contributed by atoms with Gasteiger partial charge in [-0.3, -0.25) is 9.52 Å². The molecular weight excluding hydrogens is 436 g/mol. The van der Waals surface area contributed by atoms with E-state index in [1.54, 1.807) is 30.0 Å². The van der Waals surface area contributed by atoms with E-state index >= 15 is 0 Å². The molecule has 1 heterocycles. The number of hydrogen-bond acceptors (Lipinski definition) is 6. The van der Waals surface area contributed by atoms with Gasteiger partial charge >= 0.3 is 5.97 Å². The molecule has 0 aromatic heterocycles. The smallest absolute Gasteiger partial charge is 0.340 e. The fourth-order valence-electron chi connectivity index (χ4n) is 3.45. The topological polar surface area (TPSA) is 92.8 Å². The second-order valence-corrected chi connectivity index (χ2v) is 9.62. The highest BCUT2D eigenvalue weighted by Crippen LogP contribution is 2.28. The van der Waals surface area contributed by atoms with Gasteiger partial charge in [-0.2, -0.15) is 0 Å². The summed E-state index contributed by atoms with van der Waals surface area (Å²) >= 11 is 1.40. The van der Waals surface area contributed by atoms with Crippen molar-refractivity contribution in [3.63, 3.8) is 0 Å². The summed E-state index contributed by atoms with van der Waals surface area (Å²) in [5, 5.41) is 0. The summed E-state index contributed by atoms with van der Waals surface area (Å²) in [7, 11) is -4.03. The van der Waals surface area contributed by atoms with Crippen molar-refractivity contribution >= 4 is 39.3 Å². The minimum atomic E-state index is -4.03. The zero-order valence-corrected chi connectivity index (χ0v) is 19.2. The molecule has 9 heteroatoms. The van der Waals surface area contributed by atoms with Crippen molar-refractivity contribution in [1.82, 2.24) is 4.90 Å². The number of likely N-dealkylation sites (tertiary alicyclic amines) is 1. The second-order valence-electron chi connectivity index (χ2n) is 7.09. The van der Waals surface area contributed by atoms with Gasteiger partial charge in [0.05, 0.1) is 28.3 Å². The Bertz CT molecular complexity index is 1060. The number of carbonyl (C=O) groups excluding carboxylic acids is 2. The van der Waals surface area contributed by atoms with E-state index in [2.05, 4.69) is 4.72 Å². The van der Waals surface area contributed by atoms with Crippen LogP contribution in [0.4, 0.5) is 5.69 Å². The molecule has 1 aliphatic heterocycles. The van der Waals surface area contributed by atoms with Crippen LogP contribution in [-0.4, -0.2) is 51.1 Å². The first-order chi connectivity index (χ1) is 14.9. The molecule has 1 fully saturated rings. The van der Waals surface area contributed by atoms with E-state index in [4.69, 9.17) is 4.74 Å². The van der Waals surface area contributed by atoms with Gasteiger partial charge in [0.1, 0.15) is 0 Å². The van der Waals surface area contributed by atoms with Gasteiger partial charge in [-0.1, -0.05) is 12.1 Å². The molecule has 2 aromatic carbocycles. The quantitative estimate of drug-likeness (QED) is 0.494. The molecule has 1 saturated heterocycles. The minimum Gasteiger partial charge on any atom is -0.462 e. The zero-order valence-electron chi connectivity index (χ0n) is 17.6. The number of esters is 1. The van der Waals surface area contributed by atoms with Crippen molar-refractivity contribution < 1.29 is 22.7 Å². The molecule has 0 saturated carbocycles. The molecule has 1 aliphatic rings. The highest BCUT2D eigenvalue weighted by atomic mass is 32.2. The van der Waals surface area contributed by atoms with Crippen molar-refractivity contribution in [3.05, 3.63) is 53.6 Å². The molecule has 166 valence electrons. The number of anilines is 1. The van der Waals surface area contributed by atoms with Gasteiger partial charge in [0.2, 0.25) is 0 Å². The maximum atomic E-state index is 13.1. The highest BCUT2D eigenvalue weighted by molar-refractivity contribution is 7.98. The summed E-state index contributed by atoms with van der Waals surface area (Å²) in [5.74, 6) is -0.771. The molecule has 0 aliphatic carbocycles. The molecule has 3 rings (SSSR count). The maximum Gasteiger partial charge on any atom is 0.340 e. The Kier molecular flexibility index (Phi) is 7.61. The number of thioether (sulfide) groups is 1. The standard InChI is InChI=1S/C22H26N2O5S2/c1-3-29-22(26)17-9-5-6-10-19(17)23-31(27,28)16-11-12-20(30-2)18(15-16)21(25)24-13-7-4-8-14-24/h5-6,9-12,15,23H,3-4,7-8,13-14H2,1-2H3. The van der Waals surface area contributed by atoms with Crippen LogP contribution in [0.5, 0.6) is 0 Å². The van der Waals surface area contributed by atoms with Gasteiger partial charge in [0, 0.05) is 18.0 Å². The molecule has 0 unspecified atom stereocenters. The van der Waals surface area contributed by atoms with Gasteiger partial charge in [0.25, 0.3) is 15.9 Å². The summed E-state index contributed by atoms with van der Waals surface area (Å²) in [6.07, 6.45) is 4.84. The molecule has 7 nitrogen and oxygen atoms in total. The lowest BCUT2D eigenvalue weighted by atomic mass is 10.1. The molecule has 0 radical (unpaired) electrons. The van der Waals surface area contributed by atoms with E-state index in [1.807, 2.05) is 6.26 Å². The summed E-state index contributed by atoms with van der Waals surface area (Å²) in [5.41, 5.74) is 0.619. The van der Waals surface area contributed by atoms with E-state index in [1.165, 1.54) is 36.0 Å². The normalized spacial score (nSPS) is 14.2. The van der Waals surface area contributed by atoms with E-state index in [9.17, 15) is 18.0 Å². The number of carbonyl (C=O) groups is 2. The first-order valence-corrected chi connectivity index (χ1v) is 12.8. The lowest BCUT2D eigenvalue weighted by Gasteiger charge is -2.27. The fourth-order valence-corrected chi connectivity index (χ4v) is 5.13. The monoisotopic (exact) mass is 462 g/mol. The van der Waals surface area contributed by atoms with Crippen LogP contribution >= 0.6 is 11.8 Å². The van der Waals surface area contributed by atoms with Crippen molar-refractivity contribution in [3.8, 4) is 0 Å². The van der Waals surface area contributed by atoms with Crippen LogP contribution in [-0.2, 0) is 14.8 Å². The number of ether oxygens (including phenoxy) is 1. The van der Waals surface area contributed by atoms with Crippen molar-refractivity contribution in [2.24, 2.45) is 0 Å².